The normalized spacial score (nSPS) is 47.2. The number of fused-ring (bicyclic) bond motifs is 1. The van der Waals surface area contributed by atoms with Gasteiger partial charge in [0.15, 0.2) is 0 Å². The van der Waals surface area contributed by atoms with Crippen LogP contribution in [0.4, 0.5) is 0 Å². The summed E-state index contributed by atoms with van der Waals surface area (Å²) >= 11 is 0. The molecule has 0 radical (unpaired) electrons. The summed E-state index contributed by atoms with van der Waals surface area (Å²) in [4.78, 5) is 12.0. The number of aliphatic hydroxyl groups excluding tert-OH is 2. The van der Waals surface area contributed by atoms with Crippen molar-refractivity contribution in [2.24, 2.45) is 23.7 Å². The molecule has 4 nitrogen and oxygen atoms in total. The number of carbonyl (C=O) groups excluding carboxylic acids is 1. The molecular weight excluding hydrogens is 280 g/mol. The molecule has 4 heteroatoms. The molecule has 0 amide bonds. The molecule has 0 aromatic rings. The number of ether oxygens (including phenoxy) is 1. The fourth-order valence-electron chi connectivity index (χ4n) is 4.72. The van der Waals surface area contributed by atoms with E-state index >= 15 is 0 Å². The van der Waals surface area contributed by atoms with Gasteiger partial charge in [-0.2, -0.15) is 0 Å². The quantitative estimate of drug-likeness (QED) is 0.577. The van der Waals surface area contributed by atoms with E-state index in [0.717, 1.165) is 25.7 Å². The Balaban J connectivity index is 1.75. The molecule has 2 N–H and O–H groups in total. The van der Waals surface area contributed by atoms with E-state index in [1.54, 1.807) is 0 Å². The first kappa shape index (κ1) is 16.0. The molecule has 0 spiro atoms. The van der Waals surface area contributed by atoms with Crippen LogP contribution in [0.5, 0.6) is 0 Å². The molecule has 2 fully saturated rings. The Morgan fingerprint density at radius 1 is 1.14 bits per heavy atom. The summed E-state index contributed by atoms with van der Waals surface area (Å²) in [6.07, 6.45) is 8.76. The second-order valence-electron chi connectivity index (χ2n) is 7.16. The van der Waals surface area contributed by atoms with E-state index in [0.29, 0.717) is 25.2 Å². The summed E-state index contributed by atoms with van der Waals surface area (Å²) in [7, 11) is 0. The number of carbonyl (C=O) groups is 1. The molecule has 0 saturated heterocycles. The number of cyclic esters (lactones) is 1. The van der Waals surface area contributed by atoms with Gasteiger partial charge in [-0.3, -0.25) is 4.79 Å². The summed E-state index contributed by atoms with van der Waals surface area (Å²) in [6, 6.07) is 0. The second-order valence-corrected chi connectivity index (χ2v) is 7.16. The van der Waals surface area contributed by atoms with Gasteiger partial charge in [0.1, 0.15) is 6.10 Å². The first-order chi connectivity index (χ1) is 10.6. The van der Waals surface area contributed by atoms with Crippen molar-refractivity contribution in [1.82, 2.24) is 0 Å². The van der Waals surface area contributed by atoms with Crippen LogP contribution in [0, 0.1) is 23.7 Å². The lowest BCUT2D eigenvalue weighted by Gasteiger charge is -2.27. The molecule has 2 saturated carbocycles. The number of allylic oxidation sites excluding steroid dienone is 1. The third-order valence-electron chi connectivity index (χ3n) is 5.80. The standard InChI is InChI=1S/C18H28O4/c1-2-14-11-10-13(20)18-16(11)17(18)12(19)8-6-4-3-5-7-9-15(21)22-14/h4,6,11-14,16-20H,2-3,5,7-10H2,1H3/b6-4-/t11-,12?,13-,14-,16+,17+,18+/m0/s1. The molecule has 0 aromatic heterocycles. The highest BCUT2D eigenvalue weighted by Gasteiger charge is 2.65. The van der Waals surface area contributed by atoms with Crippen molar-refractivity contribution in [3.05, 3.63) is 12.2 Å². The molecule has 3 rings (SSSR count). The SMILES string of the molecule is CC[C@@H]1OC(=O)CCCC/C=C\CC(O)[C@@H]2[C@H]3[C@H]1C[C@H](O)[C@@H]23. The van der Waals surface area contributed by atoms with Gasteiger partial charge in [-0.15, -0.1) is 0 Å². The lowest BCUT2D eigenvalue weighted by molar-refractivity contribution is -0.153. The minimum atomic E-state index is -0.375. The van der Waals surface area contributed by atoms with Gasteiger partial charge in [0.25, 0.3) is 0 Å². The third kappa shape index (κ3) is 3.09. The number of hydrogen-bond acceptors (Lipinski definition) is 4. The molecule has 0 aromatic carbocycles. The van der Waals surface area contributed by atoms with Crippen molar-refractivity contribution in [1.29, 1.82) is 0 Å². The van der Waals surface area contributed by atoms with Gasteiger partial charge >= 0.3 is 5.97 Å². The Labute approximate surface area is 132 Å². The van der Waals surface area contributed by atoms with E-state index in [2.05, 4.69) is 12.2 Å². The molecular formula is C18H28O4. The molecule has 22 heavy (non-hydrogen) atoms. The molecule has 0 bridgehead atoms. The van der Waals surface area contributed by atoms with Gasteiger partial charge in [0.05, 0.1) is 12.2 Å². The number of esters is 1. The van der Waals surface area contributed by atoms with Crippen LogP contribution in [-0.4, -0.2) is 34.5 Å². The van der Waals surface area contributed by atoms with Gasteiger partial charge < -0.3 is 14.9 Å². The number of aliphatic hydroxyl groups is 2. The highest BCUT2D eigenvalue weighted by atomic mass is 16.5. The van der Waals surface area contributed by atoms with Crippen LogP contribution in [0.1, 0.15) is 51.9 Å². The van der Waals surface area contributed by atoms with E-state index in [1.807, 2.05) is 6.92 Å². The third-order valence-corrected chi connectivity index (χ3v) is 5.80. The van der Waals surface area contributed by atoms with Crippen LogP contribution in [0.15, 0.2) is 12.2 Å². The Morgan fingerprint density at radius 3 is 2.68 bits per heavy atom. The summed E-state index contributed by atoms with van der Waals surface area (Å²) in [5, 5.41) is 20.7. The van der Waals surface area contributed by atoms with Crippen molar-refractivity contribution < 1.29 is 19.7 Å². The smallest absolute Gasteiger partial charge is 0.306 e. The van der Waals surface area contributed by atoms with E-state index in [-0.39, 0.29) is 42.0 Å². The molecule has 7 atom stereocenters. The first-order valence-corrected chi connectivity index (χ1v) is 8.84. The van der Waals surface area contributed by atoms with Crippen LogP contribution in [0.2, 0.25) is 0 Å². The fraction of sp³-hybridized carbons (Fsp3) is 0.833. The minimum absolute atomic E-state index is 0.104. The van der Waals surface area contributed by atoms with Crippen molar-refractivity contribution in [3.8, 4) is 0 Å². The Bertz CT molecular complexity index is 433. The number of rotatable bonds is 1. The number of hydrogen-bond donors (Lipinski definition) is 2. The van der Waals surface area contributed by atoms with Crippen molar-refractivity contribution in [2.45, 2.75) is 70.2 Å². The minimum Gasteiger partial charge on any atom is -0.462 e. The molecule has 124 valence electrons. The maximum Gasteiger partial charge on any atom is 0.306 e. The van der Waals surface area contributed by atoms with Gasteiger partial charge in [-0.05, 0) is 56.3 Å². The average molecular weight is 308 g/mol. The monoisotopic (exact) mass is 308 g/mol. The maximum absolute atomic E-state index is 12.0. The second kappa shape index (κ2) is 6.71. The molecule has 3 aliphatic rings. The fourth-order valence-corrected chi connectivity index (χ4v) is 4.72. The van der Waals surface area contributed by atoms with E-state index in [9.17, 15) is 15.0 Å². The summed E-state index contributed by atoms with van der Waals surface area (Å²) in [6.45, 7) is 2.04. The molecule has 1 aliphatic heterocycles. The predicted molar refractivity (Wildman–Crippen MR) is 83.0 cm³/mol. The maximum atomic E-state index is 12.0. The van der Waals surface area contributed by atoms with Crippen molar-refractivity contribution in [3.63, 3.8) is 0 Å². The average Bonchev–Trinajstić information content (AvgIpc) is 3.15. The lowest BCUT2D eigenvalue weighted by atomic mass is 9.89. The molecule has 1 unspecified atom stereocenters. The Morgan fingerprint density at radius 2 is 1.91 bits per heavy atom. The predicted octanol–water partition coefficient (Wildman–Crippen LogP) is 2.43. The van der Waals surface area contributed by atoms with Crippen LogP contribution >= 0.6 is 0 Å². The first-order valence-electron chi connectivity index (χ1n) is 8.84. The summed E-state index contributed by atoms with van der Waals surface area (Å²) < 4.78 is 5.71. The molecule has 2 aliphatic carbocycles. The summed E-state index contributed by atoms with van der Waals surface area (Å²) in [5.74, 6) is 0.795. The Hall–Kier alpha value is -0.870. The summed E-state index contributed by atoms with van der Waals surface area (Å²) in [5.41, 5.74) is 0. The largest absolute Gasteiger partial charge is 0.462 e. The van der Waals surface area contributed by atoms with Gasteiger partial charge in [-0.1, -0.05) is 19.1 Å². The van der Waals surface area contributed by atoms with Crippen molar-refractivity contribution in [2.75, 3.05) is 0 Å². The molecule has 1 heterocycles. The van der Waals surface area contributed by atoms with Gasteiger partial charge in [0, 0.05) is 12.3 Å². The zero-order valence-electron chi connectivity index (χ0n) is 13.4. The van der Waals surface area contributed by atoms with Crippen LogP contribution < -0.4 is 0 Å². The lowest BCUT2D eigenvalue weighted by Crippen LogP contribution is -2.30. The van der Waals surface area contributed by atoms with Gasteiger partial charge in [0.2, 0.25) is 0 Å². The van der Waals surface area contributed by atoms with Crippen LogP contribution in [0.3, 0.4) is 0 Å². The highest BCUT2D eigenvalue weighted by molar-refractivity contribution is 5.69. The van der Waals surface area contributed by atoms with Crippen molar-refractivity contribution >= 4 is 5.97 Å². The van der Waals surface area contributed by atoms with Gasteiger partial charge in [-0.25, -0.2) is 0 Å². The van der Waals surface area contributed by atoms with E-state index in [4.69, 9.17) is 4.74 Å². The highest BCUT2D eigenvalue weighted by Crippen LogP contribution is 2.63. The topological polar surface area (TPSA) is 66.8 Å². The van der Waals surface area contributed by atoms with Crippen LogP contribution in [0.25, 0.3) is 0 Å². The van der Waals surface area contributed by atoms with E-state index < -0.39 is 0 Å². The van der Waals surface area contributed by atoms with Crippen LogP contribution in [-0.2, 0) is 9.53 Å². The van der Waals surface area contributed by atoms with E-state index in [1.165, 1.54) is 0 Å². The zero-order valence-corrected chi connectivity index (χ0v) is 13.4. The zero-order chi connectivity index (χ0) is 15.7. The Kier molecular flexibility index (Phi) is 4.88.